The number of nitrogens with zero attached hydrogens (tertiary/aromatic N) is 2. The first-order chi connectivity index (χ1) is 9.56. The standard InChI is InChI=1S/C13H15ClFN3O2/c14-9-4-12(13(18(19)20)5-10(9)15)17-6-8-2-1-3-16-11(8)7-17/h4-5,8,11,16H,1-3,6-7H2. The lowest BCUT2D eigenvalue weighted by Gasteiger charge is -2.24. The van der Waals surface area contributed by atoms with Crippen LogP contribution < -0.4 is 10.2 Å². The number of benzene rings is 1. The highest BCUT2D eigenvalue weighted by Gasteiger charge is 2.36. The number of nitro benzene ring substituents is 1. The molecule has 5 nitrogen and oxygen atoms in total. The van der Waals surface area contributed by atoms with Crippen LogP contribution in [0.1, 0.15) is 12.8 Å². The van der Waals surface area contributed by atoms with Crippen LogP contribution in [-0.2, 0) is 0 Å². The molecule has 0 bridgehead atoms. The zero-order chi connectivity index (χ0) is 14.3. The van der Waals surface area contributed by atoms with Gasteiger partial charge in [0.05, 0.1) is 16.0 Å². The summed E-state index contributed by atoms with van der Waals surface area (Å²) >= 11 is 5.78. The summed E-state index contributed by atoms with van der Waals surface area (Å²) in [7, 11) is 0. The normalized spacial score (nSPS) is 25.6. The van der Waals surface area contributed by atoms with E-state index in [0.29, 0.717) is 24.2 Å². The van der Waals surface area contributed by atoms with Crippen LogP contribution in [0.4, 0.5) is 15.8 Å². The highest BCUT2D eigenvalue weighted by molar-refractivity contribution is 6.31. The van der Waals surface area contributed by atoms with E-state index in [4.69, 9.17) is 11.6 Å². The molecule has 20 heavy (non-hydrogen) atoms. The number of fused-ring (bicyclic) bond motifs is 1. The Hall–Kier alpha value is -1.40. The topological polar surface area (TPSA) is 58.4 Å². The van der Waals surface area contributed by atoms with Gasteiger partial charge in [0.25, 0.3) is 5.69 Å². The van der Waals surface area contributed by atoms with Crippen molar-refractivity contribution in [3.63, 3.8) is 0 Å². The number of hydrogen-bond acceptors (Lipinski definition) is 4. The van der Waals surface area contributed by atoms with E-state index in [0.717, 1.165) is 32.0 Å². The third-order valence-electron chi connectivity index (χ3n) is 4.15. The van der Waals surface area contributed by atoms with Crippen LogP contribution in [0, 0.1) is 21.8 Å². The molecule has 0 aromatic heterocycles. The predicted octanol–water partition coefficient (Wildman–Crippen LogP) is 2.58. The van der Waals surface area contributed by atoms with E-state index in [9.17, 15) is 14.5 Å². The number of nitrogens with one attached hydrogen (secondary N) is 1. The molecule has 0 amide bonds. The molecule has 0 radical (unpaired) electrons. The third-order valence-corrected chi connectivity index (χ3v) is 4.44. The number of hydrogen-bond donors (Lipinski definition) is 1. The lowest BCUT2D eigenvalue weighted by molar-refractivity contribution is -0.384. The molecule has 0 spiro atoms. The molecule has 0 aliphatic carbocycles. The predicted molar refractivity (Wildman–Crippen MR) is 74.8 cm³/mol. The van der Waals surface area contributed by atoms with Crippen molar-refractivity contribution in [2.24, 2.45) is 5.92 Å². The van der Waals surface area contributed by atoms with Crippen molar-refractivity contribution >= 4 is 23.0 Å². The molecular formula is C13H15ClFN3O2. The van der Waals surface area contributed by atoms with E-state index in [1.807, 2.05) is 4.90 Å². The van der Waals surface area contributed by atoms with Gasteiger partial charge in [-0.05, 0) is 31.4 Å². The Balaban J connectivity index is 1.93. The maximum atomic E-state index is 13.4. The van der Waals surface area contributed by atoms with Crippen LogP contribution >= 0.6 is 11.6 Å². The summed E-state index contributed by atoms with van der Waals surface area (Å²) in [6.45, 7) is 2.44. The van der Waals surface area contributed by atoms with Crippen LogP contribution in [-0.4, -0.2) is 30.6 Å². The molecule has 2 aliphatic heterocycles. The van der Waals surface area contributed by atoms with Crippen molar-refractivity contribution in [3.05, 3.63) is 33.1 Å². The van der Waals surface area contributed by atoms with Gasteiger partial charge in [-0.15, -0.1) is 0 Å². The van der Waals surface area contributed by atoms with E-state index in [2.05, 4.69) is 5.32 Å². The van der Waals surface area contributed by atoms with Crippen molar-refractivity contribution in [1.82, 2.24) is 5.32 Å². The minimum absolute atomic E-state index is 0.0755. The van der Waals surface area contributed by atoms with E-state index in [1.165, 1.54) is 6.07 Å². The van der Waals surface area contributed by atoms with Gasteiger partial charge in [0.2, 0.25) is 0 Å². The monoisotopic (exact) mass is 299 g/mol. The van der Waals surface area contributed by atoms with Crippen LogP contribution in [0.5, 0.6) is 0 Å². The van der Waals surface area contributed by atoms with Crippen molar-refractivity contribution in [2.45, 2.75) is 18.9 Å². The van der Waals surface area contributed by atoms with Gasteiger partial charge in [0.1, 0.15) is 11.5 Å². The third kappa shape index (κ3) is 2.33. The van der Waals surface area contributed by atoms with Crippen molar-refractivity contribution in [3.8, 4) is 0 Å². The maximum Gasteiger partial charge on any atom is 0.295 e. The molecular weight excluding hydrogens is 285 g/mol. The summed E-state index contributed by atoms with van der Waals surface area (Å²) in [4.78, 5) is 12.5. The van der Waals surface area contributed by atoms with Crippen LogP contribution in [0.2, 0.25) is 5.02 Å². The number of anilines is 1. The van der Waals surface area contributed by atoms with Gasteiger partial charge in [0, 0.05) is 19.1 Å². The SMILES string of the molecule is O=[N+]([O-])c1cc(F)c(Cl)cc1N1CC2CCCNC2C1. The first-order valence-electron chi connectivity index (χ1n) is 6.68. The zero-order valence-corrected chi connectivity index (χ0v) is 11.6. The lowest BCUT2D eigenvalue weighted by Crippen LogP contribution is -2.40. The van der Waals surface area contributed by atoms with Gasteiger partial charge in [-0.25, -0.2) is 4.39 Å². The van der Waals surface area contributed by atoms with Gasteiger partial charge in [-0.1, -0.05) is 11.6 Å². The Morgan fingerprint density at radius 1 is 1.45 bits per heavy atom. The molecule has 7 heteroatoms. The van der Waals surface area contributed by atoms with E-state index >= 15 is 0 Å². The second-order valence-corrected chi connectivity index (χ2v) is 5.79. The van der Waals surface area contributed by atoms with Gasteiger partial charge in [0.15, 0.2) is 0 Å². The second-order valence-electron chi connectivity index (χ2n) is 5.38. The Bertz CT molecular complexity index is 541. The quantitative estimate of drug-likeness (QED) is 0.673. The molecule has 2 aliphatic rings. The molecule has 3 rings (SSSR count). The fraction of sp³-hybridized carbons (Fsp3) is 0.538. The van der Waals surface area contributed by atoms with Gasteiger partial charge < -0.3 is 10.2 Å². The molecule has 1 aromatic carbocycles. The smallest absolute Gasteiger partial charge is 0.295 e. The second kappa shape index (κ2) is 5.18. The fourth-order valence-electron chi connectivity index (χ4n) is 3.17. The number of piperidine rings is 1. The van der Waals surface area contributed by atoms with E-state index in [-0.39, 0.29) is 10.7 Å². The lowest BCUT2D eigenvalue weighted by atomic mass is 9.94. The summed E-state index contributed by atoms with van der Waals surface area (Å²) in [5, 5.41) is 14.5. The number of rotatable bonds is 2. The number of nitro groups is 1. The van der Waals surface area contributed by atoms with Gasteiger partial charge >= 0.3 is 0 Å². The summed E-state index contributed by atoms with van der Waals surface area (Å²) in [6.07, 6.45) is 2.25. The summed E-state index contributed by atoms with van der Waals surface area (Å²) in [5.74, 6) is -0.260. The molecule has 2 heterocycles. The molecule has 2 atom stereocenters. The average Bonchev–Trinajstić information content (AvgIpc) is 2.84. The van der Waals surface area contributed by atoms with Crippen molar-refractivity contribution in [2.75, 3.05) is 24.5 Å². The van der Waals surface area contributed by atoms with Crippen LogP contribution in [0.15, 0.2) is 12.1 Å². The minimum atomic E-state index is -0.753. The molecule has 2 unspecified atom stereocenters. The minimum Gasteiger partial charge on any atom is -0.364 e. The first-order valence-corrected chi connectivity index (χ1v) is 7.06. The largest absolute Gasteiger partial charge is 0.364 e. The Morgan fingerprint density at radius 2 is 2.25 bits per heavy atom. The molecule has 1 N–H and O–H groups in total. The van der Waals surface area contributed by atoms with Crippen LogP contribution in [0.25, 0.3) is 0 Å². The van der Waals surface area contributed by atoms with E-state index in [1.54, 1.807) is 0 Å². The van der Waals surface area contributed by atoms with Gasteiger partial charge in [-0.3, -0.25) is 10.1 Å². The summed E-state index contributed by atoms with van der Waals surface area (Å²) in [5.41, 5.74) is 0.197. The Labute approximate surface area is 120 Å². The number of halogens is 2. The first kappa shape index (κ1) is 13.6. The fourth-order valence-corrected chi connectivity index (χ4v) is 3.33. The molecule has 1 aromatic rings. The molecule has 108 valence electrons. The maximum absolute atomic E-state index is 13.4. The Kier molecular flexibility index (Phi) is 3.52. The van der Waals surface area contributed by atoms with E-state index < -0.39 is 10.7 Å². The Morgan fingerprint density at radius 3 is 2.95 bits per heavy atom. The van der Waals surface area contributed by atoms with Crippen molar-refractivity contribution < 1.29 is 9.31 Å². The highest BCUT2D eigenvalue weighted by Crippen LogP contribution is 2.37. The summed E-state index contributed by atoms with van der Waals surface area (Å²) < 4.78 is 13.4. The highest BCUT2D eigenvalue weighted by atomic mass is 35.5. The van der Waals surface area contributed by atoms with Gasteiger partial charge in [-0.2, -0.15) is 0 Å². The van der Waals surface area contributed by atoms with Crippen LogP contribution in [0.3, 0.4) is 0 Å². The molecule has 2 saturated heterocycles. The average molecular weight is 300 g/mol. The molecule has 0 saturated carbocycles. The zero-order valence-electron chi connectivity index (χ0n) is 10.8. The molecule has 2 fully saturated rings. The van der Waals surface area contributed by atoms with Crippen molar-refractivity contribution in [1.29, 1.82) is 0 Å². The summed E-state index contributed by atoms with van der Waals surface area (Å²) in [6, 6.07) is 2.63.